The van der Waals surface area contributed by atoms with Gasteiger partial charge in [-0.15, -0.1) is 0 Å². The molecule has 1 aromatic rings. The molecule has 1 amide bonds. The third kappa shape index (κ3) is 3.76. The van der Waals surface area contributed by atoms with Gasteiger partial charge >= 0.3 is 0 Å². The van der Waals surface area contributed by atoms with Gasteiger partial charge in [0.15, 0.2) is 5.67 Å². The number of likely N-dealkylation sites (tertiary alicyclic amines) is 1. The topological polar surface area (TPSA) is 54.5 Å². The van der Waals surface area contributed by atoms with E-state index in [1.54, 1.807) is 0 Å². The maximum absolute atomic E-state index is 14.0. The summed E-state index contributed by atoms with van der Waals surface area (Å²) in [6.45, 7) is 9.28. The molecule has 1 saturated heterocycles. The lowest BCUT2D eigenvalue weighted by Gasteiger charge is -2.45. The molecule has 0 unspecified atom stereocenters. The Morgan fingerprint density at radius 2 is 1.50 bits per heavy atom. The van der Waals surface area contributed by atoms with Crippen LogP contribution >= 0.6 is 0 Å². The number of piperidine rings is 1. The summed E-state index contributed by atoms with van der Waals surface area (Å²) in [5.41, 5.74) is 1.69. The molecule has 0 atom stereocenters. The average molecular weight is 387 g/mol. The number of ketones is 2. The van der Waals surface area contributed by atoms with Gasteiger partial charge in [-0.3, -0.25) is 14.4 Å². The van der Waals surface area contributed by atoms with Gasteiger partial charge in [0.05, 0.1) is 0 Å². The van der Waals surface area contributed by atoms with E-state index in [4.69, 9.17) is 0 Å². The highest BCUT2D eigenvalue weighted by atomic mass is 19.1. The average Bonchev–Trinajstić information content (AvgIpc) is 2.55. The van der Waals surface area contributed by atoms with Gasteiger partial charge in [0.2, 0.25) is 0 Å². The van der Waals surface area contributed by atoms with Gasteiger partial charge in [-0.2, -0.15) is 0 Å². The molecular weight excluding hydrogens is 357 g/mol. The van der Waals surface area contributed by atoms with Crippen molar-refractivity contribution < 1.29 is 18.8 Å². The first kappa shape index (κ1) is 20.7. The molecule has 0 aromatic heterocycles. The van der Waals surface area contributed by atoms with Crippen molar-refractivity contribution >= 4 is 17.5 Å². The van der Waals surface area contributed by atoms with E-state index in [0.717, 1.165) is 22.3 Å². The molecule has 0 N–H and O–H groups in total. The van der Waals surface area contributed by atoms with Crippen LogP contribution in [0.3, 0.4) is 0 Å². The Morgan fingerprint density at radius 1 is 1.04 bits per heavy atom. The van der Waals surface area contributed by atoms with Crippen LogP contribution in [0.1, 0.15) is 67.7 Å². The Balaban J connectivity index is 1.77. The molecule has 0 bridgehead atoms. The highest BCUT2D eigenvalue weighted by Gasteiger charge is 2.48. The number of halogens is 1. The first-order valence-corrected chi connectivity index (χ1v) is 10.0. The molecule has 1 aliphatic heterocycles. The molecule has 4 nitrogen and oxygen atoms in total. The van der Waals surface area contributed by atoms with Gasteiger partial charge in [0.1, 0.15) is 17.5 Å². The largest absolute Gasteiger partial charge is 0.340 e. The molecule has 5 heteroatoms. The Hall–Kier alpha value is -2.04. The minimum atomic E-state index is -1.89. The van der Waals surface area contributed by atoms with Crippen molar-refractivity contribution in [2.45, 2.75) is 71.9 Å². The predicted molar refractivity (Wildman–Crippen MR) is 106 cm³/mol. The lowest BCUT2D eigenvalue weighted by atomic mass is 9.62. The molecule has 1 saturated carbocycles. The van der Waals surface area contributed by atoms with Crippen LogP contribution in [0.2, 0.25) is 0 Å². The van der Waals surface area contributed by atoms with E-state index in [2.05, 4.69) is 0 Å². The molecule has 1 aliphatic carbocycles. The van der Waals surface area contributed by atoms with Crippen molar-refractivity contribution in [1.82, 2.24) is 4.90 Å². The summed E-state index contributed by atoms with van der Waals surface area (Å²) in [5, 5.41) is 0. The first-order valence-electron chi connectivity index (χ1n) is 10.0. The van der Waals surface area contributed by atoms with E-state index >= 15 is 0 Å². The number of carbonyl (C=O) groups excluding carboxylic acids is 3. The monoisotopic (exact) mass is 387 g/mol. The summed E-state index contributed by atoms with van der Waals surface area (Å²) in [4.78, 5) is 39.9. The van der Waals surface area contributed by atoms with E-state index in [1.807, 2.05) is 32.9 Å². The molecule has 1 aromatic carbocycles. The quantitative estimate of drug-likeness (QED) is 0.721. The number of Topliss-reactive ketones (excluding diaryl/α,β-unsaturated/α-hetero) is 2. The number of benzene rings is 1. The van der Waals surface area contributed by atoms with E-state index in [1.165, 1.54) is 18.7 Å². The fourth-order valence-electron chi connectivity index (χ4n) is 5.07. The fraction of sp³-hybridized carbons (Fsp3) is 0.609. The summed E-state index contributed by atoms with van der Waals surface area (Å²) in [6.07, 6.45) is 1.87. The third-order valence-electron chi connectivity index (χ3n) is 6.39. The van der Waals surface area contributed by atoms with Crippen molar-refractivity contribution in [3.8, 4) is 0 Å². The molecule has 152 valence electrons. The predicted octanol–water partition coefficient (Wildman–Crippen LogP) is 3.98. The SMILES string of the molecule is Cc1cc(C)c(C2C(=O)CC3(CCN(C(=O)C(C)(C)F)CC3)CC2=O)c(C)c1. The maximum Gasteiger partial charge on any atom is 0.259 e. The number of hydrogen-bond donors (Lipinski definition) is 0. The number of amides is 1. The second-order valence-corrected chi connectivity index (χ2v) is 9.30. The number of aryl methyl sites for hydroxylation is 3. The van der Waals surface area contributed by atoms with Gasteiger partial charge in [0, 0.05) is 25.9 Å². The summed E-state index contributed by atoms with van der Waals surface area (Å²) >= 11 is 0. The zero-order valence-electron chi connectivity index (χ0n) is 17.5. The lowest BCUT2D eigenvalue weighted by Crippen LogP contribution is -2.51. The highest BCUT2D eigenvalue weighted by molar-refractivity contribution is 6.10. The number of rotatable bonds is 2. The van der Waals surface area contributed by atoms with E-state index in [0.29, 0.717) is 38.8 Å². The summed E-state index contributed by atoms with van der Waals surface area (Å²) in [7, 11) is 0. The van der Waals surface area contributed by atoms with Crippen molar-refractivity contribution in [3.63, 3.8) is 0 Å². The van der Waals surface area contributed by atoms with Gasteiger partial charge in [0.25, 0.3) is 5.91 Å². The van der Waals surface area contributed by atoms with Crippen LogP contribution in [0, 0.1) is 26.2 Å². The smallest absolute Gasteiger partial charge is 0.259 e. The molecular formula is C23H30FNO3. The fourth-order valence-corrected chi connectivity index (χ4v) is 5.07. The molecule has 0 radical (unpaired) electrons. The standard InChI is InChI=1S/C23H30FNO3/c1-14-10-15(2)19(16(3)11-14)20-17(26)12-23(13-18(20)27)6-8-25(9-7-23)21(28)22(4,5)24/h10-11,20H,6-9,12-13H2,1-5H3. The first-order chi connectivity index (χ1) is 12.9. The number of alkyl halides is 1. The summed E-state index contributed by atoms with van der Waals surface area (Å²) < 4.78 is 14.0. The summed E-state index contributed by atoms with van der Waals surface area (Å²) in [5.74, 6) is -1.22. The van der Waals surface area contributed by atoms with Crippen LogP contribution in [-0.4, -0.2) is 41.1 Å². The highest BCUT2D eigenvalue weighted by Crippen LogP contribution is 2.46. The van der Waals surface area contributed by atoms with Crippen LogP contribution in [0.15, 0.2) is 12.1 Å². The maximum atomic E-state index is 14.0. The van der Waals surface area contributed by atoms with Crippen LogP contribution in [-0.2, 0) is 14.4 Å². The lowest BCUT2D eigenvalue weighted by molar-refractivity contribution is -0.146. The summed E-state index contributed by atoms with van der Waals surface area (Å²) in [6, 6.07) is 4.05. The normalized spacial score (nSPS) is 20.7. The van der Waals surface area contributed by atoms with Crippen LogP contribution < -0.4 is 0 Å². The Labute approximate surface area is 166 Å². The van der Waals surface area contributed by atoms with Crippen molar-refractivity contribution in [1.29, 1.82) is 0 Å². The van der Waals surface area contributed by atoms with Gasteiger partial charge in [-0.1, -0.05) is 17.7 Å². The molecule has 28 heavy (non-hydrogen) atoms. The molecule has 2 fully saturated rings. The second kappa shape index (κ2) is 7.09. The van der Waals surface area contributed by atoms with E-state index in [9.17, 15) is 18.8 Å². The zero-order valence-corrected chi connectivity index (χ0v) is 17.5. The van der Waals surface area contributed by atoms with Crippen LogP contribution in [0.5, 0.6) is 0 Å². The van der Waals surface area contributed by atoms with E-state index < -0.39 is 17.5 Å². The molecule has 2 aliphatic rings. The van der Waals surface area contributed by atoms with Gasteiger partial charge < -0.3 is 4.90 Å². The molecule has 1 heterocycles. The minimum absolute atomic E-state index is 0.0168. The number of carbonyl (C=O) groups is 3. The van der Waals surface area contributed by atoms with Crippen molar-refractivity contribution in [3.05, 3.63) is 34.4 Å². The second-order valence-electron chi connectivity index (χ2n) is 9.30. The van der Waals surface area contributed by atoms with Crippen molar-refractivity contribution in [2.24, 2.45) is 5.41 Å². The van der Waals surface area contributed by atoms with E-state index in [-0.39, 0.29) is 17.0 Å². The molecule has 1 spiro atoms. The molecule has 3 rings (SSSR count). The Bertz CT molecular complexity index is 786. The van der Waals surface area contributed by atoms with Crippen LogP contribution in [0.4, 0.5) is 4.39 Å². The van der Waals surface area contributed by atoms with Gasteiger partial charge in [-0.05, 0) is 69.6 Å². The van der Waals surface area contributed by atoms with Crippen LogP contribution in [0.25, 0.3) is 0 Å². The Morgan fingerprint density at radius 3 is 1.93 bits per heavy atom. The van der Waals surface area contributed by atoms with Crippen molar-refractivity contribution in [2.75, 3.05) is 13.1 Å². The zero-order chi connectivity index (χ0) is 20.9. The third-order valence-corrected chi connectivity index (χ3v) is 6.39. The minimum Gasteiger partial charge on any atom is -0.340 e. The van der Waals surface area contributed by atoms with Gasteiger partial charge in [-0.25, -0.2) is 4.39 Å². The number of hydrogen-bond acceptors (Lipinski definition) is 3. The number of nitrogens with zero attached hydrogens (tertiary/aromatic N) is 1. The Kier molecular flexibility index (Phi) is 5.24.